The molecule has 0 heterocycles. The molecule has 0 saturated carbocycles. The second-order valence-corrected chi connectivity index (χ2v) is 8.53. The molecule has 0 bridgehead atoms. The smallest absolute Gasteiger partial charge is 0.744 e. The first-order chi connectivity index (χ1) is 13.5. The number of nitrogens with two attached hydrogens (primary N) is 1. The van der Waals surface area contributed by atoms with Crippen molar-refractivity contribution in [1.82, 2.24) is 0 Å². The summed E-state index contributed by atoms with van der Waals surface area (Å²) in [6.45, 7) is 0. The Morgan fingerprint density at radius 2 is 1.42 bits per heavy atom. The normalized spacial score (nSPS) is 11.7. The third-order valence-electron chi connectivity index (χ3n) is 3.94. The fourth-order valence-electron chi connectivity index (χ4n) is 2.67. The summed E-state index contributed by atoms with van der Waals surface area (Å²) < 4.78 is 74.7. The van der Waals surface area contributed by atoms with E-state index in [1.54, 1.807) is 0 Å². The third kappa shape index (κ3) is 6.48. The maximum atomic E-state index is 11.7. The van der Waals surface area contributed by atoms with E-state index in [0.29, 0.717) is 17.1 Å². The van der Waals surface area contributed by atoms with Crippen molar-refractivity contribution in [2.45, 2.75) is 9.79 Å². The van der Waals surface area contributed by atoms with Crippen molar-refractivity contribution in [1.29, 1.82) is 0 Å². The maximum Gasteiger partial charge on any atom is 1.00 e. The van der Waals surface area contributed by atoms with E-state index in [1.165, 1.54) is 37.4 Å². The maximum absolute atomic E-state index is 11.7. The van der Waals surface area contributed by atoms with Crippen LogP contribution >= 0.6 is 0 Å². The zero-order valence-electron chi connectivity index (χ0n) is 16.8. The fraction of sp³-hybridized carbons (Fsp3) is 0.0588. The molecule has 31 heavy (non-hydrogen) atoms. The average Bonchev–Trinajstić information content (AvgIpc) is 2.64. The van der Waals surface area contributed by atoms with Crippen molar-refractivity contribution in [2.75, 3.05) is 12.8 Å². The van der Waals surface area contributed by atoms with Crippen LogP contribution in [0.5, 0.6) is 5.75 Å². The van der Waals surface area contributed by atoms with Crippen LogP contribution in [0, 0.1) is 0 Å². The van der Waals surface area contributed by atoms with E-state index in [-0.39, 0.29) is 75.6 Å². The number of nitrogen functional groups attached to an aromatic ring is 1. The molecule has 2 N–H and O–H groups in total. The monoisotopic (exact) mass is 481 g/mol. The number of fused-ring (bicyclic) bond motifs is 1. The molecule has 0 saturated heterocycles. The number of methoxy groups -OCH3 is 1. The van der Waals surface area contributed by atoms with E-state index in [4.69, 9.17) is 10.5 Å². The number of azo groups is 1. The average molecular weight is 481 g/mol. The Kier molecular flexibility index (Phi) is 9.66. The van der Waals surface area contributed by atoms with Gasteiger partial charge in [0.05, 0.1) is 34.0 Å². The van der Waals surface area contributed by atoms with Crippen LogP contribution in [0.3, 0.4) is 0 Å². The van der Waals surface area contributed by atoms with E-state index >= 15 is 0 Å². The number of hydrogen-bond donors (Lipinski definition) is 1. The van der Waals surface area contributed by atoms with Gasteiger partial charge in [-0.1, -0.05) is 12.1 Å². The van der Waals surface area contributed by atoms with Crippen LogP contribution in [0.25, 0.3) is 10.8 Å². The van der Waals surface area contributed by atoms with Crippen molar-refractivity contribution >= 4 is 48.1 Å². The van der Waals surface area contributed by atoms with Gasteiger partial charge < -0.3 is 19.6 Å². The summed E-state index contributed by atoms with van der Waals surface area (Å²) in [4.78, 5) is -1.39. The van der Waals surface area contributed by atoms with Gasteiger partial charge in [0.1, 0.15) is 26.0 Å². The number of benzene rings is 3. The first kappa shape index (κ1) is 28.0. The summed E-state index contributed by atoms with van der Waals surface area (Å²) >= 11 is 0. The van der Waals surface area contributed by atoms with Crippen molar-refractivity contribution in [3.8, 4) is 5.75 Å². The summed E-state index contributed by atoms with van der Waals surface area (Å²) in [5, 5.41) is 7.32. The first-order valence-corrected chi connectivity index (χ1v) is 10.7. The molecule has 0 spiro atoms. The Balaban J connectivity index is 0.00000240. The molecule has 14 heteroatoms. The number of anilines is 1. The van der Waals surface area contributed by atoms with Gasteiger partial charge in [0.15, 0.2) is 0 Å². The van der Waals surface area contributed by atoms with Crippen LogP contribution in [-0.2, 0) is 20.2 Å². The summed E-state index contributed by atoms with van der Waals surface area (Å²) in [5.41, 5.74) is 6.23. The SMILES string of the molecule is COc1cc(N=Nc2cc(S(=O)(=O)[O-])c3cccc(S(=O)(=O)[O-])c3c2)ccc1N.[Na+].[Na+]. The largest absolute Gasteiger partial charge is 1.00 e. The Morgan fingerprint density at radius 1 is 0.806 bits per heavy atom. The number of rotatable bonds is 5. The van der Waals surface area contributed by atoms with Crippen LogP contribution in [0.1, 0.15) is 0 Å². The van der Waals surface area contributed by atoms with Gasteiger partial charge in [0.2, 0.25) is 0 Å². The second-order valence-electron chi connectivity index (χ2n) is 5.83. The Morgan fingerprint density at radius 3 is 2.00 bits per heavy atom. The van der Waals surface area contributed by atoms with Crippen LogP contribution < -0.4 is 69.6 Å². The molecule has 3 rings (SSSR count). The molecular formula is C17H13N3Na2O7S2. The molecule has 10 nitrogen and oxygen atoms in total. The Bertz CT molecular complexity index is 1360. The molecule has 0 aliphatic heterocycles. The van der Waals surface area contributed by atoms with Crippen molar-refractivity contribution in [3.05, 3.63) is 48.5 Å². The van der Waals surface area contributed by atoms with Gasteiger partial charge in [-0.2, -0.15) is 10.2 Å². The Labute approximate surface area is 223 Å². The van der Waals surface area contributed by atoms with Crippen molar-refractivity contribution < 1.29 is 89.8 Å². The predicted molar refractivity (Wildman–Crippen MR) is 101 cm³/mol. The molecule has 3 aromatic carbocycles. The summed E-state index contributed by atoms with van der Waals surface area (Å²) in [5.74, 6) is 0.336. The van der Waals surface area contributed by atoms with E-state index in [9.17, 15) is 25.9 Å². The number of hydrogen-bond acceptors (Lipinski definition) is 10. The quantitative estimate of drug-likeness (QED) is 0.170. The number of ether oxygens (including phenoxy) is 1. The van der Waals surface area contributed by atoms with Crippen LogP contribution in [-0.4, -0.2) is 33.1 Å². The van der Waals surface area contributed by atoms with Crippen LogP contribution in [0.15, 0.2) is 68.6 Å². The van der Waals surface area contributed by atoms with Crippen molar-refractivity contribution in [3.63, 3.8) is 0 Å². The molecule has 0 aromatic heterocycles. The zero-order chi connectivity index (χ0) is 21.4. The van der Waals surface area contributed by atoms with Gasteiger partial charge in [0.25, 0.3) is 0 Å². The molecule has 152 valence electrons. The van der Waals surface area contributed by atoms with Gasteiger partial charge in [-0.3, -0.25) is 0 Å². The molecule has 0 amide bonds. The zero-order valence-corrected chi connectivity index (χ0v) is 22.4. The number of nitrogens with zero attached hydrogens (tertiary/aromatic N) is 2. The molecule has 0 unspecified atom stereocenters. The van der Waals surface area contributed by atoms with Crippen LogP contribution in [0.2, 0.25) is 0 Å². The fourth-order valence-corrected chi connectivity index (χ4v) is 4.07. The molecule has 0 aliphatic carbocycles. The van der Waals surface area contributed by atoms with Gasteiger partial charge in [-0.25, -0.2) is 16.8 Å². The molecular weight excluding hydrogens is 468 g/mol. The second kappa shape index (κ2) is 10.7. The minimum Gasteiger partial charge on any atom is -0.744 e. The molecule has 0 fully saturated rings. The van der Waals surface area contributed by atoms with E-state index < -0.39 is 30.0 Å². The molecule has 0 atom stereocenters. The van der Waals surface area contributed by atoms with Crippen molar-refractivity contribution in [2.24, 2.45) is 10.2 Å². The van der Waals surface area contributed by atoms with Crippen LogP contribution in [0.4, 0.5) is 17.1 Å². The van der Waals surface area contributed by atoms with E-state index in [0.717, 1.165) is 18.2 Å². The minimum absolute atomic E-state index is 0. The van der Waals surface area contributed by atoms with E-state index in [2.05, 4.69) is 10.2 Å². The van der Waals surface area contributed by atoms with Gasteiger partial charge >= 0.3 is 59.1 Å². The van der Waals surface area contributed by atoms with Gasteiger partial charge in [-0.15, -0.1) is 0 Å². The minimum atomic E-state index is -5.00. The summed E-state index contributed by atoms with van der Waals surface area (Å²) in [7, 11) is -8.53. The molecule has 0 radical (unpaired) electrons. The topological polar surface area (TPSA) is 174 Å². The third-order valence-corrected chi connectivity index (χ3v) is 5.71. The standard InChI is InChI=1S/C17H15N3O7S2.2Na/c1-27-15-8-10(5-6-14(15)18)19-20-11-7-13-12(17(9-11)29(24,25)26)3-2-4-16(13)28(21,22)23;;/h2-9H,18H2,1H3,(H,21,22,23)(H,24,25,26);;/q;2*+1/p-2. The predicted octanol–water partition coefficient (Wildman–Crippen LogP) is -3.34. The first-order valence-electron chi connectivity index (χ1n) is 7.84. The van der Waals surface area contributed by atoms with E-state index in [1.807, 2.05) is 0 Å². The van der Waals surface area contributed by atoms with Gasteiger partial charge in [-0.05, 0) is 30.3 Å². The summed E-state index contributed by atoms with van der Waals surface area (Å²) in [6.07, 6.45) is 0. The summed E-state index contributed by atoms with van der Waals surface area (Å²) in [6, 6.07) is 10.0. The Hall–Kier alpha value is -1.06. The molecule has 3 aromatic rings. The molecule has 0 aliphatic rings. The van der Waals surface area contributed by atoms with Gasteiger partial charge in [0, 0.05) is 16.8 Å².